The third kappa shape index (κ3) is 3.53. The maximum atomic E-state index is 13.7. The number of nitrogens with one attached hydrogen (secondary N) is 2. The number of carbonyl (C=O) groups excluding carboxylic acids is 3. The summed E-state index contributed by atoms with van der Waals surface area (Å²) in [5.41, 5.74) is 0.707. The van der Waals surface area contributed by atoms with E-state index in [1.54, 1.807) is 16.7 Å². The van der Waals surface area contributed by atoms with E-state index >= 15 is 0 Å². The molecule has 168 valence electrons. The van der Waals surface area contributed by atoms with Crippen LogP contribution >= 0.6 is 11.8 Å². The van der Waals surface area contributed by atoms with E-state index in [1.165, 1.54) is 0 Å². The van der Waals surface area contributed by atoms with Crippen LogP contribution in [0.3, 0.4) is 0 Å². The highest BCUT2D eigenvalue weighted by molar-refractivity contribution is 8.02. The van der Waals surface area contributed by atoms with Crippen molar-refractivity contribution >= 4 is 35.2 Å². The molecule has 0 aliphatic carbocycles. The summed E-state index contributed by atoms with van der Waals surface area (Å²) in [6.07, 6.45) is 1.21. The maximum absolute atomic E-state index is 13.7. The molecule has 3 saturated heterocycles. The SMILES string of the molecule is CC(C)NC(=O)C1N(CCCO)C(=O)[C@@H]2[C@H](C(=O)Nc3ccccc3)[C@@H]3CC(C)C12S3. The molecule has 0 saturated carbocycles. The first-order chi connectivity index (χ1) is 14.8. The summed E-state index contributed by atoms with van der Waals surface area (Å²) in [4.78, 5) is 42.0. The lowest BCUT2D eigenvalue weighted by molar-refractivity contribution is -0.139. The number of likely N-dealkylation sites (tertiary alicyclic amines) is 1. The Bertz CT molecular complexity index is 864. The number of aliphatic hydroxyl groups is 1. The molecule has 1 aromatic carbocycles. The topological polar surface area (TPSA) is 98.7 Å². The molecule has 7 nitrogen and oxygen atoms in total. The van der Waals surface area contributed by atoms with Crippen molar-refractivity contribution in [1.82, 2.24) is 10.2 Å². The van der Waals surface area contributed by atoms with Crippen LogP contribution in [0.2, 0.25) is 0 Å². The molecule has 3 fully saturated rings. The second kappa shape index (κ2) is 8.47. The normalized spacial score (nSPS) is 33.6. The van der Waals surface area contributed by atoms with E-state index in [0.717, 1.165) is 6.42 Å². The quantitative estimate of drug-likeness (QED) is 0.595. The van der Waals surface area contributed by atoms with Gasteiger partial charge in [-0.25, -0.2) is 0 Å². The van der Waals surface area contributed by atoms with Crippen molar-refractivity contribution in [3.8, 4) is 0 Å². The van der Waals surface area contributed by atoms with Crippen LogP contribution in [-0.2, 0) is 14.4 Å². The van der Waals surface area contributed by atoms with Gasteiger partial charge in [-0.3, -0.25) is 14.4 Å². The Kier molecular flexibility index (Phi) is 6.05. The first-order valence-electron chi connectivity index (χ1n) is 11.1. The van der Waals surface area contributed by atoms with Crippen LogP contribution in [0.5, 0.6) is 0 Å². The van der Waals surface area contributed by atoms with E-state index in [0.29, 0.717) is 18.7 Å². The molecule has 3 N–H and O–H groups in total. The highest BCUT2D eigenvalue weighted by Gasteiger charge is 2.75. The van der Waals surface area contributed by atoms with Crippen LogP contribution in [0.4, 0.5) is 5.69 Å². The van der Waals surface area contributed by atoms with Crippen molar-refractivity contribution < 1.29 is 19.5 Å². The van der Waals surface area contributed by atoms with Gasteiger partial charge in [0.25, 0.3) is 0 Å². The molecule has 1 spiro atoms. The monoisotopic (exact) mass is 445 g/mol. The van der Waals surface area contributed by atoms with Gasteiger partial charge in [-0.05, 0) is 44.7 Å². The smallest absolute Gasteiger partial charge is 0.244 e. The van der Waals surface area contributed by atoms with E-state index in [1.807, 2.05) is 44.2 Å². The second-order valence-corrected chi connectivity index (χ2v) is 10.7. The van der Waals surface area contributed by atoms with Gasteiger partial charge in [0.1, 0.15) is 6.04 Å². The molecule has 3 amide bonds. The fourth-order valence-corrected chi connectivity index (χ4v) is 8.13. The van der Waals surface area contributed by atoms with E-state index in [-0.39, 0.29) is 41.5 Å². The van der Waals surface area contributed by atoms with Gasteiger partial charge in [-0.15, -0.1) is 11.8 Å². The van der Waals surface area contributed by atoms with Crippen LogP contribution in [-0.4, -0.2) is 63.0 Å². The second-order valence-electron chi connectivity index (χ2n) is 9.18. The number of anilines is 1. The Hall–Kier alpha value is -2.06. The number of rotatable bonds is 7. The van der Waals surface area contributed by atoms with Crippen molar-refractivity contribution in [2.24, 2.45) is 17.8 Å². The molecular formula is C23H31N3O4S. The largest absolute Gasteiger partial charge is 0.396 e. The fraction of sp³-hybridized carbons (Fsp3) is 0.609. The summed E-state index contributed by atoms with van der Waals surface area (Å²) < 4.78 is -0.616. The lowest BCUT2D eigenvalue weighted by Gasteiger charge is -2.39. The minimum Gasteiger partial charge on any atom is -0.396 e. The van der Waals surface area contributed by atoms with Crippen LogP contribution in [0.1, 0.15) is 33.6 Å². The third-order valence-electron chi connectivity index (χ3n) is 6.83. The van der Waals surface area contributed by atoms with Crippen LogP contribution in [0.15, 0.2) is 30.3 Å². The Morgan fingerprint density at radius 3 is 2.61 bits per heavy atom. The minimum atomic E-state index is -0.626. The molecule has 3 heterocycles. The van der Waals surface area contributed by atoms with Crippen LogP contribution in [0, 0.1) is 17.8 Å². The van der Waals surface area contributed by atoms with Gasteiger partial charge >= 0.3 is 0 Å². The number of thioether (sulfide) groups is 1. The molecule has 3 aliphatic rings. The van der Waals surface area contributed by atoms with Gasteiger partial charge < -0.3 is 20.6 Å². The van der Waals surface area contributed by atoms with Crippen molar-refractivity contribution in [3.63, 3.8) is 0 Å². The molecular weight excluding hydrogens is 414 g/mol. The summed E-state index contributed by atoms with van der Waals surface area (Å²) in [5.74, 6) is -1.30. The number of hydrogen-bond acceptors (Lipinski definition) is 5. The van der Waals surface area contributed by atoms with Gasteiger partial charge in [0.2, 0.25) is 17.7 Å². The highest BCUT2D eigenvalue weighted by Crippen LogP contribution is 2.68. The fourth-order valence-electron chi connectivity index (χ4n) is 5.71. The first-order valence-corrected chi connectivity index (χ1v) is 11.9. The number of amides is 3. The Balaban J connectivity index is 1.69. The molecule has 31 heavy (non-hydrogen) atoms. The standard InChI is InChI=1S/C23H31N3O4S/c1-13(2)24-21(29)19-23-14(3)12-16(31-23)17(18(23)22(30)26(19)10-7-11-27)20(28)25-15-8-5-4-6-9-15/h4-6,8-9,13-14,16-19,27H,7,10-12H2,1-3H3,(H,24,29)(H,25,28)/t14?,16-,17+,18-,19?,23?/m0/s1. The Morgan fingerprint density at radius 2 is 1.97 bits per heavy atom. The van der Waals surface area contributed by atoms with E-state index in [9.17, 15) is 19.5 Å². The average Bonchev–Trinajstić information content (AvgIpc) is 3.30. The van der Waals surface area contributed by atoms with E-state index in [4.69, 9.17) is 0 Å². The number of carbonyl (C=O) groups is 3. The third-order valence-corrected chi connectivity index (χ3v) is 8.90. The summed E-state index contributed by atoms with van der Waals surface area (Å²) in [5, 5.41) is 15.4. The van der Waals surface area contributed by atoms with Gasteiger partial charge in [0.15, 0.2) is 0 Å². The predicted molar refractivity (Wildman–Crippen MR) is 120 cm³/mol. The molecule has 0 radical (unpaired) electrons. The summed E-state index contributed by atoms with van der Waals surface area (Å²) in [6.45, 7) is 6.17. The van der Waals surface area contributed by atoms with Crippen molar-refractivity contribution in [1.29, 1.82) is 0 Å². The molecule has 4 rings (SSSR count). The van der Waals surface area contributed by atoms with Gasteiger partial charge in [-0.2, -0.15) is 0 Å². The number of fused-ring (bicyclic) bond motifs is 1. The number of benzene rings is 1. The number of para-hydroxylation sites is 1. The Morgan fingerprint density at radius 1 is 1.26 bits per heavy atom. The lowest BCUT2D eigenvalue weighted by Crippen LogP contribution is -2.57. The average molecular weight is 446 g/mol. The van der Waals surface area contributed by atoms with Crippen molar-refractivity contribution in [2.75, 3.05) is 18.5 Å². The number of nitrogens with zero attached hydrogens (tertiary/aromatic N) is 1. The number of hydrogen-bond donors (Lipinski definition) is 3. The summed E-state index contributed by atoms with van der Waals surface area (Å²) in [7, 11) is 0. The lowest BCUT2D eigenvalue weighted by atomic mass is 9.66. The summed E-state index contributed by atoms with van der Waals surface area (Å²) in [6, 6.07) is 8.60. The van der Waals surface area contributed by atoms with Gasteiger partial charge in [0.05, 0.1) is 16.6 Å². The Labute approximate surface area is 187 Å². The predicted octanol–water partition coefficient (Wildman–Crippen LogP) is 1.87. The van der Waals surface area contributed by atoms with E-state index < -0.39 is 22.6 Å². The number of aliphatic hydroxyl groups excluding tert-OH is 1. The highest BCUT2D eigenvalue weighted by atomic mass is 32.2. The maximum Gasteiger partial charge on any atom is 0.244 e. The van der Waals surface area contributed by atoms with Crippen molar-refractivity contribution in [3.05, 3.63) is 30.3 Å². The minimum absolute atomic E-state index is 0.0157. The molecule has 8 heteroatoms. The summed E-state index contributed by atoms with van der Waals surface area (Å²) >= 11 is 1.66. The van der Waals surface area contributed by atoms with Crippen molar-refractivity contribution in [2.45, 2.75) is 55.7 Å². The van der Waals surface area contributed by atoms with Gasteiger partial charge in [-0.1, -0.05) is 25.1 Å². The van der Waals surface area contributed by atoms with Crippen LogP contribution < -0.4 is 10.6 Å². The molecule has 1 aromatic rings. The van der Waals surface area contributed by atoms with Crippen LogP contribution in [0.25, 0.3) is 0 Å². The zero-order chi connectivity index (χ0) is 22.3. The molecule has 2 bridgehead atoms. The first kappa shape index (κ1) is 22.1. The van der Waals surface area contributed by atoms with Gasteiger partial charge in [0, 0.05) is 30.1 Å². The molecule has 3 aliphatic heterocycles. The molecule has 0 aromatic heterocycles. The zero-order valence-corrected chi connectivity index (χ0v) is 19.0. The molecule has 3 unspecified atom stereocenters. The molecule has 6 atom stereocenters. The van der Waals surface area contributed by atoms with E-state index in [2.05, 4.69) is 17.6 Å². The zero-order valence-electron chi connectivity index (χ0n) is 18.2.